The Bertz CT molecular complexity index is 596. The van der Waals surface area contributed by atoms with Crippen molar-refractivity contribution >= 4 is 33.3 Å². The summed E-state index contributed by atoms with van der Waals surface area (Å²) in [5.74, 6) is 1.80. The van der Waals surface area contributed by atoms with Crippen molar-refractivity contribution in [2.45, 2.75) is 32.2 Å². The number of anilines is 2. The second kappa shape index (κ2) is 6.58. The molecule has 0 bridgehead atoms. The maximum atomic E-state index is 5.26. The number of rotatable bonds is 8. The third kappa shape index (κ3) is 3.27. The van der Waals surface area contributed by atoms with Gasteiger partial charge in [0, 0.05) is 26.2 Å². The molecule has 0 aromatic carbocycles. The minimum absolute atomic E-state index is 0.608. The predicted octanol–water partition coefficient (Wildman–Crippen LogP) is 3.13. The van der Waals surface area contributed by atoms with E-state index in [1.807, 2.05) is 0 Å². The van der Waals surface area contributed by atoms with Crippen molar-refractivity contribution in [1.29, 1.82) is 0 Å². The zero-order chi connectivity index (χ0) is 14.7. The largest absolute Gasteiger partial charge is 0.383 e. The van der Waals surface area contributed by atoms with E-state index in [-0.39, 0.29) is 0 Å². The number of methoxy groups -OCH3 is 1. The SMILES string of the molecule is CCCNc1nc(N(CCOC)C2CC2)c2ccsc2n1. The molecule has 1 N–H and O–H groups in total. The second-order valence-corrected chi connectivity index (χ2v) is 6.25. The van der Waals surface area contributed by atoms with Crippen LogP contribution in [0.1, 0.15) is 26.2 Å². The number of hydrogen-bond acceptors (Lipinski definition) is 6. The standard InChI is InChI=1S/C15H22N4OS/c1-3-7-16-15-17-13(12-6-10-21-14(12)18-15)19(8-9-20-2)11-4-5-11/h6,10-11H,3-5,7-9H2,1-2H3,(H,16,17,18). The first-order chi connectivity index (χ1) is 10.3. The summed E-state index contributed by atoms with van der Waals surface area (Å²) in [6.07, 6.45) is 3.56. The highest BCUT2D eigenvalue weighted by Gasteiger charge is 2.31. The molecule has 3 rings (SSSR count). The summed E-state index contributed by atoms with van der Waals surface area (Å²) in [6, 6.07) is 2.73. The highest BCUT2D eigenvalue weighted by atomic mass is 32.1. The van der Waals surface area contributed by atoms with Crippen molar-refractivity contribution in [2.24, 2.45) is 0 Å². The Morgan fingerprint density at radius 1 is 1.43 bits per heavy atom. The van der Waals surface area contributed by atoms with Gasteiger partial charge in [0.2, 0.25) is 5.95 Å². The first kappa shape index (κ1) is 14.5. The van der Waals surface area contributed by atoms with E-state index in [1.54, 1.807) is 18.4 Å². The van der Waals surface area contributed by atoms with E-state index in [4.69, 9.17) is 9.72 Å². The zero-order valence-corrected chi connectivity index (χ0v) is 13.4. The molecule has 0 aliphatic heterocycles. The van der Waals surface area contributed by atoms with Gasteiger partial charge in [0.1, 0.15) is 10.6 Å². The third-order valence-electron chi connectivity index (χ3n) is 3.63. The predicted molar refractivity (Wildman–Crippen MR) is 88.4 cm³/mol. The smallest absolute Gasteiger partial charge is 0.226 e. The quantitative estimate of drug-likeness (QED) is 0.812. The van der Waals surface area contributed by atoms with Gasteiger partial charge < -0.3 is 15.0 Å². The molecule has 1 aliphatic rings. The van der Waals surface area contributed by atoms with Gasteiger partial charge in [0.15, 0.2) is 0 Å². The molecular weight excluding hydrogens is 284 g/mol. The lowest BCUT2D eigenvalue weighted by Gasteiger charge is -2.24. The van der Waals surface area contributed by atoms with Crippen LogP contribution in [-0.4, -0.2) is 42.8 Å². The Morgan fingerprint density at radius 3 is 3.00 bits per heavy atom. The van der Waals surface area contributed by atoms with Gasteiger partial charge in [0.25, 0.3) is 0 Å². The number of fused-ring (bicyclic) bond motifs is 1. The van der Waals surface area contributed by atoms with E-state index >= 15 is 0 Å². The van der Waals surface area contributed by atoms with Gasteiger partial charge in [-0.2, -0.15) is 4.98 Å². The lowest BCUT2D eigenvalue weighted by molar-refractivity contribution is 0.205. The molecule has 114 valence electrons. The number of hydrogen-bond donors (Lipinski definition) is 1. The van der Waals surface area contributed by atoms with E-state index in [1.165, 1.54) is 12.8 Å². The third-order valence-corrected chi connectivity index (χ3v) is 4.44. The number of ether oxygens (including phenoxy) is 1. The average molecular weight is 306 g/mol. The van der Waals surface area contributed by atoms with Crippen LogP contribution in [0.25, 0.3) is 10.2 Å². The summed E-state index contributed by atoms with van der Waals surface area (Å²) >= 11 is 1.67. The van der Waals surface area contributed by atoms with Crippen molar-refractivity contribution in [3.8, 4) is 0 Å². The van der Waals surface area contributed by atoms with Gasteiger partial charge in [-0.05, 0) is 30.7 Å². The fraction of sp³-hybridized carbons (Fsp3) is 0.600. The molecule has 21 heavy (non-hydrogen) atoms. The highest BCUT2D eigenvalue weighted by Crippen LogP contribution is 2.36. The van der Waals surface area contributed by atoms with Crippen LogP contribution < -0.4 is 10.2 Å². The van der Waals surface area contributed by atoms with Crippen molar-refractivity contribution in [3.05, 3.63) is 11.4 Å². The van der Waals surface area contributed by atoms with E-state index < -0.39 is 0 Å². The highest BCUT2D eigenvalue weighted by molar-refractivity contribution is 7.16. The molecule has 2 aromatic rings. The van der Waals surface area contributed by atoms with Crippen LogP contribution in [0.3, 0.4) is 0 Å². The zero-order valence-electron chi connectivity index (χ0n) is 12.6. The molecule has 0 radical (unpaired) electrons. The maximum absolute atomic E-state index is 5.26. The molecule has 1 saturated carbocycles. The molecule has 2 aromatic heterocycles. The lowest BCUT2D eigenvalue weighted by Crippen LogP contribution is -2.30. The minimum atomic E-state index is 0.608. The molecule has 0 amide bonds. The van der Waals surface area contributed by atoms with Crippen LogP contribution in [-0.2, 0) is 4.74 Å². The van der Waals surface area contributed by atoms with Gasteiger partial charge in [-0.15, -0.1) is 11.3 Å². The molecule has 0 unspecified atom stereocenters. The number of aromatic nitrogens is 2. The molecular formula is C15H22N4OS. The summed E-state index contributed by atoms with van der Waals surface area (Å²) in [4.78, 5) is 12.8. The number of nitrogens with one attached hydrogen (secondary N) is 1. The molecule has 0 saturated heterocycles. The van der Waals surface area contributed by atoms with Crippen molar-refractivity contribution in [1.82, 2.24) is 9.97 Å². The molecule has 6 heteroatoms. The van der Waals surface area contributed by atoms with Crippen LogP contribution in [0.15, 0.2) is 11.4 Å². The van der Waals surface area contributed by atoms with E-state index in [0.717, 1.165) is 48.1 Å². The molecule has 2 heterocycles. The Hall–Kier alpha value is -1.40. The fourth-order valence-corrected chi connectivity index (χ4v) is 3.17. The normalized spacial score (nSPS) is 14.6. The topological polar surface area (TPSA) is 50.3 Å². The Morgan fingerprint density at radius 2 is 2.29 bits per heavy atom. The minimum Gasteiger partial charge on any atom is -0.383 e. The molecule has 5 nitrogen and oxygen atoms in total. The fourth-order valence-electron chi connectivity index (χ4n) is 2.41. The van der Waals surface area contributed by atoms with Gasteiger partial charge >= 0.3 is 0 Å². The van der Waals surface area contributed by atoms with Crippen LogP contribution >= 0.6 is 11.3 Å². The number of thiophene rings is 1. The van der Waals surface area contributed by atoms with Gasteiger partial charge in [-0.3, -0.25) is 0 Å². The first-order valence-electron chi connectivity index (χ1n) is 7.58. The Balaban J connectivity index is 1.95. The Labute approximate surface area is 129 Å². The van der Waals surface area contributed by atoms with Crippen molar-refractivity contribution < 1.29 is 4.74 Å². The summed E-state index contributed by atoms with van der Waals surface area (Å²) in [5, 5.41) is 6.56. The lowest BCUT2D eigenvalue weighted by atomic mass is 10.3. The van der Waals surface area contributed by atoms with E-state index in [9.17, 15) is 0 Å². The van der Waals surface area contributed by atoms with Crippen molar-refractivity contribution in [2.75, 3.05) is 37.0 Å². The summed E-state index contributed by atoms with van der Waals surface area (Å²) < 4.78 is 5.26. The van der Waals surface area contributed by atoms with Crippen LogP contribution in [0, 0.1) is 0 Å². The maximum Gasteiger partial charge on any atom is 0.226 e. The average Bonchev–Trinajstić information content (AvgIpc) is 3.22. The van der Waals surface area contributed by atoms with Crippen LogP contribution in [0.5, 0.6) is 0 Å². The first-order valence-corrected chi connectivity index (χ1v) is 8.46. The molecule has 0 spiro atoms. The van der Waals surface area contributed by atoms with E-state index in [2.05, 4.69) is 33.6 Å². The molecule has 0 atom stereocenters. The second-order valence-electron chi connectivity index (χ2n) is 5.35. The van der Waals surface area contributed by atoms with Gasteiger partial charge in [-0.1, -0.05) is 6.92 Å². The van der Waals surface area contributed by atoms with E-state index in [0.29, 0.717) is 6.04 Å². The van der Waals surface area contributed by atoms with Gasteiger partial charge in [-0.25, -0.2) is 4.98 Å². The Kier molecular flexibility index (Phi) is 4.55. The van der Waals surface area contributed by atoms with Crippen LogP contribution in [0.2, 0.25) is 0 Å². The molecule has 1 aliphatic carbocycles. The summed E-state index contributed by atoms with van der Waals surface area (Å²) in [6.45, 7) is 4.66. The van der Waals surface area contributed by atoms with Crippen molar-refractivity contribution in [3.63, 3.8) is 0 Å². The van der Waals surface area contributed by atoms with Crippen LogP contribution in [0.4, 0.5) is 11.8 Å². The molecule has 1 fully saturated rings. The van der Waals surface area contributed by atoms with Gasteiger partial charge in [0.05, 0.1) is 12.0 Å². The number of nitrogens with zero attached hydrogens (tertiary/aromatic N) is 3. The summed E-state index contributed by atoms with van der Waals surface area (Å²) in [5.41, 5.74) is 0. The summed E-state index contributed by atoms with van der Waals surface area (Å²) in [7, 11) is 1.75. The monoisotopic (exact) mass is 306 g/mol.